The van der Waals surface area contributed by atoms with Crippen molar-refractivity contribution in [2.45, 2.75) is 80.1 Å². The third-order valence-electron chi connectivity index (χ3n) is 6.77. The van der Waals surface area contributed by atoms with Crippen LogP contribution in [-0.4, -0.2) is 12.6 Å². The zero-order valence-corrected chi connectivity index (χ0v) is 16.6. The van der Waals surface area contributed by atoms with Crippen molar-refractivity contribution < 1.29 is 9.53 Å². The molecule has 0 unspecified atom stereocenters. The maximum Gasteiger partial charge on any atom is 0.330 e. The van der Waals surface area contributed by atoms with Gasteiger partial charge in [0.05, 0.1) is 6.61 Å². The Morgan fingerprint density at radius 2 is 2.08 bits per heavy atom. The highest BCUT2D eigenvalue weighted by Crippen LogP contribution is 2.58. The van der Waals surface area contributed by atoms with Crippen LogP contribution in [-0.2, 0) is 9.53 Å². The lowest BCUT2D eigenvalue weighted by molar-refractivity contribution is -0.137. The SMILES string of the molecule is CCOC(=O)/C=C(\C)CC[C@@]1(C)[C@H](C)CC=C2[C@@H]1CCCC2(C)C. The fraction of sp³-hybridized carbons (Fsp3) is 0.773. The summed E-state index contributed by atoms with van der Waals surface area (Å²) in [5.74, 6) is 1.21. The summed E-state index contributed by atoms with van der Waals surface area (Å²) in [5, 5.41) is 0. The summed E-state index contributed by atoms with van der Waals surface area (Å²) in [6.07, 6.45) is 11.6. The molecular weight excluding hydrogens is 296 g/mol. The Morgan fingerprint density at radius 3 is 2.75 bits per heavy atom. The van der Waals surface area contributed by atoms with Gasteiger partial charge in [-0.3, -0.25) is 0 Å². The summed E-state index contributed by atoms with van der Waals surface area (Å²) in [4.78, 5) is 11.7. The average Bonchev–Trinajstić information content (AvgIpc) is 2.49. The summed E-state index contributed by atoms with van der Waals surface area (Å²) < 4.78 is 5.04. The Kier molecular flexibility index (Phi) is 5.99. The van der Waals surface area contributed by atoms with Gasteiger partial charge in [0.2, 0.25) is 0 Å². The summed E-state index contributed by atoms with van der Waals surface area (Å²) in [5.41, 5.74) is 3.56. The number of carbonyl (C=O) groups is 1. The molecule has 0 radical (unpaired) electrons. The Balaban J connectivity index is 2.13. The summed E-state index contributed by atoms with van der Waals surface area (Å²) in [6, 6.07) is 0. The van der Waals surface area contributed by atoms with Gasteiger partial charge in [-0.25, -0.2) is 4.79 Å². The van der Waals surface area contributed by atoms with E-state index in [-0.39, 0.29) is 5.97 Å². The van der Waals surface area contributed by atoms with E-state index in [0.717, 1.165) is 18.4 Å². The number of hydrogen-bond acceptors (Lipinski definition) is 2. The minimum atomic E-state index is -0.198. The minimum absolute atomic E-state index is 0.198. The van der Waals surface area contributed by atoms with Crippen molar-refractivity contribution in [3.8, 4) is 0 Å². The minimum Gasteiger partial charge on any atom is -0.463 e. The van der Waals surface area contributed by atoms with Gasteiger partial charge in [0, 0.05) is 6.08 Å². The number of fused-ring (bicyclic) bond motifs is 1. The molecule has 24 heavy (non-hydrogen) atoms. The monoisotopic (exact) mass is 332 g/mol. The first-order valence-corrected chi connectivity index (χ1v) is 9.75. The second kappa shape index (κ2) is 7.45. The van der Waals surface area contributed by atoms with E-state index >= 15 is 0 Å². The first-order chi connectivity index (χ1) is 11.2. The van der Waals surface area contributed by atoms with Gasteiger partial charge >= 0.3 is 5.97 Å². The van der Waals surface area contributed by atoms with Crippen molar-refractivity contribution >= 4 is 5.97 Å². The van der Waals surface area contributed by atoms with Crippen LogP contribution >= 0.6 is 0 Å². The van der Waals surface area contributed by atoms with E-state index in [1.165, 1.54) is 25.7 Å². The molecule has 0 amide bonds. The van der Waals surface area contributed by atoms with Gasteiger partial charge in [0.15, 0.2) is 0 Å². The molecule has 2 aliphatic rings. The number of hydrogen-bond donors (Lipinski definition) is 0. The topological polar surface area (TPSA) is 26.3 Å². The van der Waals surface area contributed by atoms with E-state index < -0.39 is 0 Å². The van der Waals surface area contributed by atoms with Crippen molar-refractivity contribution in [2.24, 2.45) is 22.7 Å². The van der Waals surface area contributed by atoms with Gasteiger partial charge in [0.1, 0.15) is 0 Å². The zero-order chi connectivity index (χ0) is 18.0. The molecule has 0 bridgehead atoms. The number of carbonyl (C=O) groups excluding carboxylic acids is 1. The van der Waals surface area contributed by atoms with Crippen molar-refractivity contribution in [3.05, 3.63) is 23.3 Å². The van der Waals surface area contributed by atoms with Gasteiger partial charge in [-0.2, -0.15) is 0 Å². The molecule has 2 heteroatoms. The molecule has 3 atom stereocenters. The lowest BCUT2D eigenvalue weighted by Gasteiger charge is -2.53. The number of rotatable bonds is 5. The predicted molar refractivity (Wildman–Crippen MR) is 101 cm³/mol. The molecule has 0 aromatic carbocycles. The maximum absolute atomic E-state index is 11.7. The zero-order valence-electron chi connectivity index (χ0n) is 16.6. The van der Waals surface area contributed by atoms with Crippen LogP contribution < -0.4 is 0 Å². The first-order valence-electron chi connectivity index (χ1n) is 9.75. The molecule has 0 saturated heterocycles. The molecule has 1 saturated carbocycles. The van der Waals surface area contributed by atoms with E-state index in [9.17, 15) is 4.79 Å². The molecule has 2 rings (SSSR count). The van der Waals surface area contributed by atoms with E-state index in [1.54, 1.807) is 11.6 Å². The molecule has 0 heterocycles. The molecule has 0 N–H and O–H groups in total. The highest BCUT2D eigenvalue weighted by atomic mass is 16.5. The molecule has 136 valence electrons. The second-order valence-corrected chi connectivity index (χ2v) is 8.87. The highest BCUT2D eigenvalue weighted by molar-refractivity contribution is 5.82. The van der Waals surface area contributed by atoms with Crippen molar-refractivity contribution in [1.82, 2.24) is 0 Å². The van der Waals surface area contributed by atoms with E-state index in [2.05, 4.69) is 40.7 Å². The first kappa shape index (κ1) is 19.3. The normalized spacial score (nSPS) is 32.8. The van der Waals surface area contributed by atoms with Gasteiger partial charge in [-0.15, -0.1) is 0 Å². The van der Waals surface area contributed by atoms with E-state index in [0.29, 0.717) is 29.3 Å². The maximum atomic E-state index is 11.7. The quantitative estimate of drug-likeness (QED) is 0.347. The van der Waals surface area contributed by atoms with Gasteiger partial charge in [-0.05, 0) is 68.6 Å². The molecule has 0 aliphatic heterocycles. The van der Waals surface area contributed by atoms with Crippen LogP contribution in [0.2, 0.25) is 0 Å². The second-order valence-electron chi connectivity index (χ2n) is 8.87. The lowest BCUT2D eigenvalue weighted by Crippen LogP contribution is -2.43. The van der Waals surface area contributed by atoms with E-state index in [4.69, 9.17) is 4.74 Å². The van der Waals surface area contributed by atoms with Gasteiger partial charge in [0.25, 0.3) is 0 Å². The van der Waals surface area contributed by atoms with Crippen molar-refractivity contribution in [2.75, 3.05) is 6.61 Å². The Bertz CT molecular complexity index is 526. The Morgan fingerprint density at radius 1 is 1.38 bits per heavy atom. The van der Waals surface area contributed by atoms with E-state index in [1.807, 2.05) is 6.92 Å². The fourth-order valence-corrected chi connectivity index (χ4v) is 4.88. The third-order valence-corrected chi connectivity index (χ3v) is 6.77. The van der Waals surface area contributed by atoms with Crippen LogP contribution in [0.25, 0.3) is 0 Å². The third kappa shape index (κ3) is 3.95. The molecule has 1 fully saturated rings. The van der Waals surface area contributed by atoms with Crippen molar-refractivity contribution in [1.29, 1.82) is 0 Å². The van der Waals surface area contributed by atoms with Crippen LogP contribution in [0, 0.1) is 22.7 Å². The Hall–Kier alpha value is -1.05. The molecule has 0 aromatic heterocycles. The predicted octanol–water partition coefficient (Wildman–Crippen LogP) is 6.07. The molecule has 2 nitrogen and oxygen atoms in total. The number of ether oxygens (including phenoxy) is 1. The summed E-state index contributed by atoms with van der Waals surface area (Å²) >= 11 is 0. The Labute approximate surface area is 148 Å². The van der Waals surface area contributed by atoms with Crippen molar-refractivity contribution in [3.63, 3.8) is 0 Å². The number of allylic oxidation sites excluding steroid dienone is 3. The lowest BCUT2D eigenvalue weighted by atomic mass is 9.52. The molecule has 0 aromatic rings. The standard InChI is InChI=1S/C22H36O2/c1-7-24-20(23)15-16(2)12-14-22(6)17(3)10-11-18-19(22)9-8-13-21(18,4)5/h11,15,17,19H,7-10,12-14H2,1-6H3/b16-15+/t17-,19+,22+/m1/s1. The van der Waals surface area contributed by atoms with Gasteiger partial charge < -0.3 is 4.74 Å². The van der Waals surface area contributed by atoms with Crippen LogP contribution in [0.1, 0.15) is 80.1 Å². The molecule has 2 aliphatic carbocycles. The molecular formula is C22H36O2. The highest BCUT2D eigenvalue weighted by Gasteiger charge is 2.47. The average molecular weight is 333 g/mol. The number of esters is 1. The van der Waals surface area contributed by atoms with Crippen LogP contribution in [0.3, 0.4) is 0 Å². The smallest absolute Gasteiger partial charge is 0.330 e. The van der Waals surface area contributed by atoms with Crippen LogP contribution in [0.4, 0.5) is 0 Å². The summed E-state index contributed by atoms with van der Waals surface area (Å²) in [7, 11) is 0. The summed E-state index contributed by atoms with van der Waals surface area (Å²) in [6.45, 7) is 14.1. The fourth-order valence-electron chi connectivity index (χ4n) is 4.88. The van der Waals surface area contributed by atoms with Gasteiger partial charge in [-0.1, -0.05) is 51.3 Å². The van der Waals surface area contributed by atoms with Crippen LogP contribution in [0.5, 0.6) is 0 Å². The molecule has 0 spiro atoms. The van der Waals surface area contributed by atoms with Crippen LogP contribution in [0.15, 0.2) is 23.3 Å². The largest absolute Gasteiger partial charge is 0.463 e.